The molecule has 5 aromatic rings. The molecular weight excluding hydrogens is 400 g/mol. The van der Waals surface area contributed by atoms with Crippen LogP contribution >= 0.6 is 11.5 Å². The van der Waals surface area contributed by atoms with Gasteiger partial charge in [0.05, 0.1) is 42.3 Å². The van der Waals surface area contributed by atoms with Crippen LogP contribution in [-0.2, 0) is 6.42 Å². The maximum absolute atomic E-state index is 5.38. The number of hydrogen-bond donors (Lipinski definition) is 2. The first-order chi connectivity index (χ1) is 14.7. The number of aromatic nitrogens is 7. The standard InChI is InChI=1S/C20H18N8OS/c1-12-11-28-16(13-8-23-24-9-13)10-22-20(28)19(25-12)26-18-7-14(27-30-18)6-15-17(29-2)4-3-5-21-15/h3-5,7-11H,6H2,1-2H3,(H,23,24)(H,25,26). The Bertz CT molecular complexity index is 1310. The second-order valence-corrected chi connectivity index (χ2v) is 7.50. The summed E-state index contributed by atoms with van der Waals surface area (Å²) in [4.78, 5) is 13.6. The lowest BCUT2D eigenvalue weighted by atomic mass is 10.2. The fraction of sp³-hybridized carbons (Fsp3) is 0.150. The number of fused-ring (bicyclic) bond motifs is 1. The number of methoxy groups -OCH3 is 1. The Kier molecular flexibility index (Phi) is 4.60. The van der Waals surface area contributed by atoms with E-state index in [4.69, 9.17) is 4.74 Å². The molecule has 0 saturated carbocycles. The van der Waals surface area contributed by atoms with Crippen molar-refractivity contribution in [2.24, 2.45) is 0 Å². The molecule has 5 rings (SSSR count). The summed E-state index contributed by atoms with van der Waals surface area (Å²) in [6, 6.07) is 5.75. The van der Waals surface area contributed by atoms with E-state index in [2.05, 4.69) is 34.8 Å². The molecule has 0 aromatic carbocycles. The van der Waals surface area contributed by atoms with E-state index in [0.717, 1.165) is 44.7 Å². The highest BCUT2D eigenvalue weighted by atomic mass is 32.1. The molecule has 0 bridgehead atoms. The largest absolute Gasteiger partial charge is 0.495 e. The Morgan fingerprint density at radius 1 is 1.27 bits per heavy atom. The minimum Gasteiger partial charge on any atom is -0.495 e. The number of pyridine rings is 1. The molecule has 10 heteroatoms. The van der Waals surface area contributed by atoms with Crippen molar-refractivity contribution < 1.29 is 4.74 Å². The molecular formula is C20H18N8OS. The highest BCUT2D eigenvalue weighted by Gasteiger charge is 2.14. The average molecular weight is 418 g/mol. The summed E-state index contributed by atoms with van der Waals surface area (Å²) in [5.41, 5.74) is 5.27. The third-order valence-corrected chi connectivity index (χ3v) is 5.37. The van der Waals surface area contributed by atoms with Crippen molar-refractivity contribution in [3.05, 3.63) is 66.3 Å². The van der Waals surface area contributed by atoms with Crippen LogP contribution in [0.5, 0.6) is 5.75 Å². The number of nitrogens with zero attached hydrogens (tertiary/aromatic N) is 6. The maximum Gasteiger partial charge on any atom is 0.180 e. The van der Waals surface area contributed by atoms with E-state index in [9.17, 15) is 0 Å². The van der Waals surface area contributed by atoms with Gasteiger partial charge in [-0.3, -0.25) is 14.5 Å². The summed E-state index contributed by atoms with van der Waals surface area (Å²) in [6.07, 6.45) is 9.74. The van der Waals surface area contributed by atoms with Crippen molar-refractivity contribution in [3.8, 4) is 17.0 Å². The molecule has 9 nitrogen and oxygen atoms in total. The maximum atomic E-state index is 5.38. The summed E-state index contributed by atoms with van der Waals surface area (Å²) in [5.74, 6) is 1.43. The molecule has 0 saturated heterocycles. The molecule has 0 atom stereocenters. The molecule has 0 unspecified atom stereocenters. The van der Waals surface area contributed by atoms with Gasteiger partial charge in [0.25, 0.3) is 0 Å². The van der Waals surface area contributed by atoms with Crippen LogP contribution in [0.2, 0.25) is 0 Å². The van der Waals surface area contributed by atoms with Crippen molar-refractivity contribution in [2.75, 3.05) is 12.4 Å². The van der Waals surface area contributed by atoms with Gasteiger partial charge < -0.3 is 10.1 Å². The molecule has 0 radical (unpaired) electrons. The van der Waals surface area contributed by atoms with E-state index in [1.807, 2.05) is 48.1 Å². The van der Waals surface area contributed by atoms with E-state index in [1.54, 1.807) is 19.5 Å². The second-order valence-electron chi connectivity index (χ2n) is 6.69. The molecule has 0 aliphatic rings. The van der Waals surface area contributed by atoms with E-state index < -0.39 is 0 Å². The molecule has 150 valence electrons. The lowest BCUT2D eigenvalue weighted by molar-refractivity contribution is 0.408. The van der Waals surface area contributed by atoms with Gasteiger partial charge in [-0.15, -0.1) is 0 Å². The predicted molar refractivity (Wildman–Crippen MR) is 114 cm³/mol. The van der Waals surface area contributed by atoms with Crippen LogP contribution in [0, 0.1) is 6.92 Å². The van der Waals surface area contributed by atoms with Crippen molar-refractivity contribution in [1.29, 1.82) is 0 Å². The number of anilines is 2. The SMILES string of the molecule is COc1cccnc1Cc1cc(Nc2nc(C)cn3c(-c4cn[nH]c4)cnc23)sn1. The molecule has 0 spiro atoms. The predicted octanol–water partition coefficient (Wildman–Crippen LogP) is 3.62. The van der Waals surface area contributed by atoms with Crippen LogP contribution in [0.25, 0.3) is 16.9 Å². The number of imidazole rings is 1. The second kappa shape index (κ2) is 7.56. The Balaban J connectivity index is 1.44. The number of ether oxygens (including phenoxy) is 1. The van der Waals surface area contributed by atoms with Gasteiger partial charge in [-0.25, -0.2) is 9.97 Å². The van der Waals surface area contributed by atoms with Gasteiger partial charge in [-0.1, -0.05) is 0 Å². The van der Waals surface area contributed by atoms with Gasteiger partial charge in [0.2, 0.25) is 0 Å². The van der Waals surface area contributed by atoms with Crippen molar-refractivity contribution in [3.63, 3.8) is 0 Å². The van der Waals surface area contributed by atoms with Gasteiger partial charge in [-0.05, 0) is 36.7 Å². The summed E-state index contributed by atoms with van der Waals surface area (Å²) in [7, 11) is 1.64. The van der Waals surface area contributed by atoms with Gasteiger partial charge in [0.1, 0.15) is 10.8 Å². The third-order valence-electron chi connectivity index (χ3n) is 4.62. The summed E-state index contributed by atoms with van der Waals surface area (Å²) in [5, 5.41) is 11.1. The quantitative estimate of drug-likeness (QED) is 0.434. The monoisotopic (exact) mass is 418 g/mol. The van der Waals surface area contributed by atoms with Crippen LogP contribution in [-0.4, -0.2) is 41.0 Å². The zero-order valence-corrected chi connectivity index (χ0v) is 17.1. The molecule has 0 aliphatic heterocycles. The number of nitrogens with one attached hydrogen (secondary N) is 2. The Hall–Kier alpha value is -3.79. The zero-order chi connectivity index (χ0) is 20.5. The lowest BCUT2D eigenvalue weighted by Gasteiger charge is -2.07. The number of rotatable bonds is 6. The van der Waals surface area contributed by atoms with Crippen LogP contribution in [0.1, 0.15) is 17.1 Å². The highest BCUT2D eigenvalue weighted by molar-refractivity contribution is 7.10. The van der Waals surface area contributed by atoms with Crippen molar-refractivity contribution in [1.82, 2.24) is 33.9 Å². The third kappa shape index (κ3) is 3.37. The topological polar surface area (TPSA) is 106 Å². The van der Waals surface area contributed by atoms with Gasteiger partial charge in [0, 0.05) is 30.6 Å². The van der Waals surface area contributed by atoms with Crippen molar-refractivity contribution in [2.45, 2.75) is 13.3 Å². The van der Waals surface area contributed by atoms with Gasteiger partial charge in [-0.2, -0.15) is 9.47 Å². The lowest BCUT2D eigenvalue weighted by Crippen LogP contribution is -2.00. The van der Waals surface area contributed by atoms with E-state index >= 15 is 0 Å². The first kappa shape index (κ1) is 18.3. The molecule has 2 N–H and O–H groups in total. The van der Waals surface area contributed by atoms with E-state index in [0.29, 0.717) is 12.2 Å². The van der Waals surface area contributed by atoms with Crippen LogP contribution in [0.4, 0.5) is 10.8 Å². The Labute approximate surface area is 176 Å². The first-order valence-corrected chi connectivity index (χ1v) is 10.0. The minimum atomic E-state index is 0.590. The van der Waals surface area contributed by atoms with E-state index in [1.165, 1.54) is 11.5 Å². The van der Waals surface area contributed by atoms with Crippen LogP contribution in [0.15, 0.2) is 49.2 Å². The van der Waals surface area contributed by atoms with E-state index in [-0.39, 0.29) is 0 Å². The highest BCUT2D eigenvalue weighted by Crippen LogP contribution is 2.28. The van der Waals surface area contributed by atoms with Crippen LogP contribution in [0.3, 0.4) is 0 Å². The fourth-order valence-corrected chi connectivity index (χ4v) is 3.95. The van der Waals surface area contributed by atoms with Crippen molar-refractivity contribution >= 4 is 28.0 Å². The molecule has 0 fully saturated rings. The summed E-state index contributed by atoms with van der Waals surface area (Å²) in [6.45, 7) is 1.95. The fourth-order valence-electron chi connectivity index (χ4n) is 3.28. The molecule has 0 amide bonds. The normalized spacial score (nSPS) is 11.1. The minimum absolute atomic E-state index is 0.590. The average Bonchev–Trinajstić information content (AvgIpc) is 3.49. The Morgan fingerprint density at radius 3 is 3.03 bits per heavy atom. The van der Waals surface area contributed by atoms with Gasteiger partial charge >= 0.3 is 0 Å². The van der Waals surface area contributed by atoms with Gasteiger partial charge in [0.15, 0.2) is 11.5 Å². The molecule has 5 aromatic heterocycles. The number of aryl methyl sites for hydroxylation is 1. The number of aromatic amines is 1. The Morgan fingerprint density at radius 2 is 2.20 bits per heavy atom. The van der Waals surface area contributed by atoms with Crippen LogP contribution < -0.4 is 10.1 Å². The molecule has 0 aliphatic carbocycles. The summed E-state index contributed by atoms with van der Waals surface area (Å²) >= 11 is 1.37. The smallest absolute Gasteiger partial charge is 0.180 e. The number of H-pyrrole nitrogens is 1. The molecule has 5 heterocycles. The zero-order valence-electron chi connectivity index (χ0n) is 16.3. The summed E-state index contributed by atoms with van der Waals surface area (Å²) < 4.78 is 11.9. The molecule has 30 heavy (non-hydrogen) atoms. The number of hydrogen-bond acceptors (Lipinski definition) is 8. The first-order valence-electron chi connectivity index (χ1n) is 9.25.